The number of aromatic nitrogens is 1. The lowest BCUT2D eigenvalue weighted by molar-refractivity contribution is -0.385. The van der Waals surface area contributed by atoms with Gasteiger partial charge in [0.15, 0.2) is 0 Å². The van der Waals surface area contributed by atoms with Crippen LogP contribution in [0.1, 0.15) is 31.5 Å². The minimum absolute atomic E-state index is 0.107. The molecule has 2 aromatic rings. The van der Waals surface area contributed by atoms with Crippen molar-refractivity contribution >= 4 is 28.4 Å². The fourth-order valence-corrected chi connectivity index (χ4v) is 3.27. The predicted molar refractivity (Wildman–Crippen MR) is 86.9 cm³/mol. The number of rotatable bonds is 6. The Bertz CT molecular complexity index is 668. The number of fused-ring (bicyclic) bond motifs is 1. The summed E-state index contributed by atoms with van der Waals surface area (Å²) in [5.74, 6) is 1.54. The molecule has 0 bridgehead atoms. The van der Waals surface area contributed by atoms with E-state index >= 15 is 0 Å². The maximum Gasteiger partial charge on any atom is 0.273 e. The van der Waals surface area contributed by atoms with Gasteiger partial charge in [-0.25, -0.2) is 0 Å². The number of aromatic amines is 1. The maximum atomic E-state index is 11.0. The van der Waals surface area contributed by atoms with Crippen LogP contribution in [0, 0.1) is 17.0 Å². The number of hydrogen-bond donors (Lipinski definition) is 2. The van der Waals surface area contributed by atoms with E-state index in [-0.39, 0.29) is 10.6 Å². The van der Waals surface area contributed by atoms with Crippen molar-refractivity contribution in [3.8, 4) is 0 Å². The quantitative estimate of drug-likeness (QED) is 0.629. The highest BCUT2D eigenvalue weighted by atomic mass is 32.2. The molecule has 6 heteroatoms. The van der Waals surface area contributed by atoms with E-state index in [2.05, 4.69) is 11.9 Å². The minimum Gasteiger partial charge on any atom is -0.383 e. The summed E-state index contributed by atoms with van der Waals surface area (Å²) < 4.78 is 0. The number of hydrogen-bond acceptors (Lipinski definition) is 4. The van der Waals surface area contributed by atoms with E-state index in [0.717, 1.165) is 22.3 Å². The van der Waals surface area contributed by atoms with Crippen LogP contribution in [0.15, 0.2) is 18.2 Å². The van der Waals surface area contributed by atoms with E-state index in [1.807, 2.05) is 13.0 Å². The smallest absolute Gasteiger partial charge is 0.273 e. The van der Waals surface area contributed by atoms with Crippen LogP contribution in [0.25, 0.3) is 10.9 Å². The Kier molecular flexibility index (Phi) is 4.58. The van der Waals surface area contributed by atoms with E-state index in [1.165, 1.54) is 0 Å². The average Bonchev–Trinajstić information content (AvgIpc) is 2.87. The number of H-pyrrole nitrogens is 1. The number of nitro groups is 1. The number of thioether (sulfide) groups is 1. The van der Waals surface area contributed by atoms with Gasteiger partial charge in [0.1, 0.15) is 5.60 Å². The summed E-state index contributed by atoms with van der Waals surface area (Å²) in [7, 11) is 0. The standard InChI is InChI=1S/C15H20N2O3S/c1-4-15(18,9-21-5-2)14-8-11-7-13(17(19)20)10(3)6-12(11)16-14/h6-8,16,18H,4-5,9H2,1-3H3. The SMILES string of the molecule is CCSCC(O)(CC)c1cc2cc([N+](=O)[O-])c(C)cc2[nH]1. The first-order chi connectivity index (χ1) is 9.91. The molecule has 1 unspecified atom stereocenters. The van der Waals surface area contributed by atoms with Crippen LogP contribution >= 0.6 is 11.8 Å². The van der Waals surface area contributed by atoms with Crippen LogP contribution in [0.4, 0.5) is 5.69 Å². The highest BCUT2D eigenvalue weighted by Crippen LogP contribution is 2.33. The van der Waals surface area contributed by atoms with Gasteiger partial charge < -0.3 is 10.1 Å². The zero-order chi connectivity index (χ0) is 15.6. The molecule has 1 heterocycles. The van der Waals surface area contributed by atoms with Gasteiger partial charge in [-0.05, 0) is 31.2 Å². The lowest BCUT2D eigenvalue weighted by Gasteiger charge is -2.25. The Hall–Kier alpha value is -1.53. The maximum absolute atomic E-state index is 11.0. The first-order valence-electron chi connectivity index (χ1n) is 6.99. The van der Waals surface area contributed by atoms with Crippen LogP contribution in [0.5, 0.6) is 0 Å². The second kappa shape index (κ2) is 6.07. The molecule has 0 aliphatic heterocycles. The van der Waals surface area contributed by atoms with Gasteiger partial charge in [-0.15, -0.1) is 0 Å². The molecule has 114 valence electrons. The fourth-order valence-electron chi connectivity index (χ4n) is 2.37. The van der Waals surface area contributed by atoms with Crippen LogP contribution in [0.3, 0.4) is 0 Å². The summed E-state index contributed by atoms with van der Waals surface area (Å²) in [4.78, 5) is 13.9. The van der Waals surface area contributed by atoms with Crippen LogP contribution in [0.2, 0.25) is 0 Å². The van der Waals surface area contributed by atoms with Crippen molar-refractivity contribution in [2.45, 2.75) is 32.8 Å². The van der Waals surface area contributed by atoms with Gasteiger partial charge in [-0.1, -0.05) is 13.8 Å². The fraction of sp³-hybridized carbons (Fsp3) is 0.467. The molecule has 0 fully saturated rings. The molecule has 0 spiro atoms. The Morgan fingerprint density at radius 1 is 1.38 bits per heavy atom. The number of nitrogens with zero attached hydrogens (tertiary/aromatic N) is 1. The van der Waals surface area contributed by atoms with Gasteiger partial charge in [-0.3, -0.25) is 10.1 Å². The third kappa shape index (κ3) is 3.06. The number of benzene rings is 1. The van der Waals surface area contributed by atoms with E-state index in [9.17, 15) is 15.2 Å². The molecular formula is C15H20N2O3S. The predicted octanol–water partition coefficient (Wildman–Crippen LogP) is 3.74. The van der Waals surface area contributed by atoms with E-state index < -0.39 is 5.60 Å². The molecule has 1 atom stereocenters. The Labute approximate surface area is 127 Å². The van der Waals surface area contributed by atoms with Crippen LogP contribution in [-0.2, 0) is 5.60 Å². The summed E-state index contributed by atoms with van der Waals surface area (Å²) in [6.45, 7) is 5.71. The highest BCUT2D eigenvalue weighted by molar-refractivity contribution is 7.99. The lowest BCUT2D eigenvalue weighted by atomic mass is 9.99. The van der Waals surface area contributed by atoms with Crippen molar-refractivity contribution in [3.63, 3.8) is 0 Å². The molecule has 0 amide bonds. The van der Waals surface area contributed by atoms with Gasteiger partial charge in [0.2, 0.25) is 0 Å². The molecule has 0 radical (unpaired) electrons. The Balaban J connectivity index is 2.49. The first-order valence-corrected chi connectivity index (χ1v) is 8.15. The van der Waals surface area contributed by atoms with E-state index in [1.54, 1.807) is 30.8 Å². The van der Waals surface area contributed by atoms with Gasteiger partial charge in [0, 0.05) is 34.0 Å². The molecule has 2 N–H and O–H groups in total. The lowest BCUT2D eigenvalue weighted by Crippen LogP contribution is -2.28. The Morgan fingerprint density at radius 3 is 2.67 bits per heavy atom. The van der Waals surface area contributed by atoms with Crippen LogP contribution in [-0.4, -0.2) is 26.5 Å². The summed E-state index contributed by atoms with van der Waals surface area (Å²) in [5.41, 5.74) is 1.34. The summed E-state index contributed by atoms with van der Waals surface area (Å²) in [6.07, 6.45) is 0.591. The molecular weight excluding hydrogens is 288 g/mol. The molecule has 2 rings (SSSR count). The second-order valence-corrected chi connectivity index (χ2v) is 6.46. The summed E-state index contributed by atoms with van der Waals surface area (Å²) in [6, 6.07) is 5.15. The number of nitro benzene ring substituents is 1. The van der Waals surface area contributed by atoms with Crippen molar-refractivity contribution in [1.29, 1.82) is 0 Å². The first kappa shape index (κ1) is 15.9. The highest BCUT2D eigenvalue weighted by Gasteiger charge is 2.29. The van der Waals surface area contributed by atoms with Gasteiger partial charge >= 0.3 is 0 Å². The number of aliphatic hydroxyl groups is 1. The molecule has 0 saturated heterocycles. The van der Waals surface area contributed by atoms with Crippen molar-refractivity contribution in [3.05, 3.63) is 39.6 Å². The van der Waals surface area contributed by atoms with E-state index in [0.29, 0.717) is 17.7 Å². The zero-order valence-corrected chi connectivity index (χ0v) is 13.3. The largest absolute Gasteiger partial charge is 0.383 e. The molecule has 0 aliphatic rings. The summed E-state index contributed by atoms with van der Waals surface area (Å²) >= 11 is 1.68. The molecule has 1 aromatic heterocycles. The van der Waals surface area contributed by atoms with Crippen molar-refractivity contribution in [1.82, 2.24) is 4.98 Å². The van der Waals surface area contributed by atoms with Gasteiger partial charge in [0.25, 0.3) is 5.69 Å². The average molecular weight is 308 g/mol. The molecule has 1 aromatic carbocycles. The molecule has 0 saturated carbocycles. The molecule has 0 aliphatic carbocycles. The monoisotopic (exact) mass is 308 g/mol. The van der Waals surface area contributed by atoms with Crippen molar-refractivity contribution in [2.75, 3.05) is 11.5 Å². The van der Waals surface area contributed by atoms with E-state index in [4.69, 9.17) is 0 Å². The van der Waals surface area contributed by atoms with Crippen LogP contribution < -0.4 is 0 Å². The molecule has 5 nitrogen and oxygen atoms in total. The van der Waals surface area contributed by atoms with Crippen molar-refractivity contribution in [2.24, 2.45) is 0 Å². The second-order valence-electron chi connectivity index (χ2n) is 5.19. The molecule has 21 heavy (non-hydrogen) atoms. The van der Waals surface area contributed by atoms with Crippen molar-refractivity contribution < 1.29 is 10.0 Å². The number of aryl methyl sites for hydroxylation is 1. The third-order valence-electron chi connectivity index (χ3n) is 3.77. The normalized spacial score (nSPS) is 14.3. The Morgan fingerprint density at radius 2 is 2.10 bits per heavy atom. The zero-order valence-electron chi connectivity index (χ0n) is 12.5. The van der Waals surface area contributed by atoms with Gasteiger partial charge in [0.05, 0.1) is 4.92 Å². The number of nitrogens with one attached hydrogen (secondary N) is 1. The van der Waals surface area contributed by atoms with Gasteiger partial charge in [-0.2, -0.15) is 11.8 Å². The summed E-state index contributed by atoms with van der Waals surface area (Å²) in [5, 5.41) is 22.6. The third-order valence-corrected chi connectivity index (χ3v) is 4.86. The minimum atomic E-state index is -0.928. The topological polar surface area (TPSA) is 79.2 Å².